The molecule has 45 heavy (non-hydrogen) atoms. The van der Waals surface area contributed by atoms with Crippen LogP contribution in [0.3, 0.4) is 0 Å². The molecular weight excluding hydrogens is 617 g/mol. The average Bonchev–Trinajstić information content (AvgIpc) is 3.71. The van der Waals surface area contributed by atoms with E-state index in [4.69, 9.17) is 28.2 Å². The zero-order valence-corrected chi connectivity index (χ0v) is 24.6. The number of aromatic hydroxyl groups is 1. The molecule has 3 aromatic carbocycles. The van der Waals surface area contributed by atoms with Gasteiger partial charge in [-0.05, 0) is 58.8 Å². The van der Waals surface area contributed by atoms with Gasteiger partial charge in [0.15, 0.2) is 5.56 Å². The van der Waals surface area contributed by atoms with Crippen LogP contribution in [0.15, 0.2) is 83.9 Å². The highest BCUT2D eigenvalue weighted by molar-refractivity contribution is 6.32. The summed E-state index contributed by atoms with van der Waals surface area (Å²) in [5.41, 5.74) is 2.32. The van der Waals surface area contributed by atoms with E-state index in [1.807, 2.05) is 30.3 Å². The van der Waals surface area contributed by atoms with Crippen molar-refractivity contribution in [2.75, 3.05) is 0 Å². The number of rotatable bonds is 8. The number of imidazole rings is 1. The quantitative estimate of drug-likeness (QED) is 0.170. The van der Waals surface area contributed by atoms with Crippen LogP contribution in [-0.4, -0.2) is 46.2 Å². The lowest BCUT2D eigenvalue weighted by Gasteiger charge is -2.16. The van der Waals surface area contributed by atoms with Crippen LogP contribution < -0.4 is 10.9 Å². The number of amides is 1. The Morgan fingerprint density at radius 3 is 2.69 bits per heavy atom. The molecule has 0 saturated heterocycles. The highest BCUT2D eigenvalue weighted by Crippen LogP contribution is 2.33. The highest BCUT2D eigenvalue weighted by Gasteiger charge is 2.22. The van der Waals surface area contributed by atoms with Gasteiger partial charge in [-0.3, -0.25) is 9.59 Å². The van der Waals surface area contributed by atoms with E-state index in [0.29, 0.717) is 45.3 Å². The van der Waals surface area contributed by atoms with Gasteiger partial charge in [0.2, 0.25) is 5.91 Å². The minimum atomic E-state index is -0.689. The van der Waals surface area contributed by atoms with Gasteiger partial charge >= 0.3 is 0 Å². The number of carbonyl (C=O) groups excluding carboxylic acids is 1. The van der Waals surface area contributed by atoms with Crippen molar-refractivity contribution in [2.45, 2.75) is 12.5 Å². The topological polar surface area (TPSA) is 178 Å². The normalized spacial score (nSPS) is 11.9. The Bertz CT molecular complexity index is 2170. The molecule has 14 heteroatoms. The smallest absolute Gasteiger partial charge is 0.270 e. The Morgan fingerprint density at radius 2 is 1.93 bits per heavy atom. The van der Waals surface area contributed by atoms with Gasteiger partial charge in [0.05, 0.1) is 17.2 Å². The van der Waals surface area contributed by atoms with Gasteiger partial charge in [0.25, 0.3) is 5.56 Å². The number of nitrogens with one attached hydrogen (secondary N) is 3. The first-order valence-corrected chi connectivity index (χ1v) is 14.2. The van der Waals surface area contributed by atoms with Gasteiger partial charge in [0.1, 0.15) is 34.8 Å². The molecule has 222 valence electrons. The number of pyridine rings is 1. The number of aromatic nitrogens is 7. The summed E-state index contributed by atoms with van der Waals surface area (Å²) in [6.07, 6.45) is 4.82. The molecule has 4 N–H and O–H groups in total. The number of halogens is 2. The van der Waals surface area contributed by atoms with E-state index in [1.54, 1.807) is 48.5 Å². The molecule has 0 radical (unpaired) electrons. The molecule has 0 bridgehead atoms. The Kier molecular flexibility index (Phi) is 8.11. The molecule has 0 aliphatic carbocycles. The van der Waals surface area contributed by atoms with Gasteiger partial charge in [-0.1, -0.05) is 59.6 Å². The third-order valence-electron chi connectivity index (χ3n) is 6.98. The number of hydrogen-bond donors (Lipinski definition) is 4. The number of H-pyrrole nitrogens is 2. The molecule has 12 nitrogen and oxygen atoms in total. The van der Waals surface area contributed by atoms with Crippen LogP contribution in [0.1, 0.15) is 28.6 Å². The van der Waals surface area contributed by atoms with Crippen molar-refractivity contribution >= 4 is 46.1 Å². The molecular formula is C31H21Cl2N9O3. The van der Waals surface area contributed by atoms with Gasteiger partial charge in [0, 0.05) is 27.6 Å². The van der Waals surface area contributed by atoms with Crippen molar-refractivity contribution < 1.29 is 9.90 Å². The maximum atomic E-state index is 13.3. The number of tetrazole rings is 1. The Balaban J connectivity index is 1.32. The second kappa shape index (κ2) is 12.5. The first-order valence-electron chi connectivity index (χ1n) is 13.4. The molecule has 1 amide bonds. The fourth-order valence-corrected chi connectivity index (χ4v) is 5.27. The standard InChI is InChI=1S/C31H21Cl2N9O3/c32-20-8-10-25(42-16-35-40-41-42)18(13-20)7-11-26(43)36-24(12-17-4-2-1-3-5-17)30-38-27(29(33)39-30)19-6-9-23-21(14-19)28(44)22(15-34)31(45)37-23/h1-11,13-14,16,24H,12H2,(H,36,43)(H,38,39)(H2,37,44,45)/t24-/m0/s1. The van der Waals surface area contributed by atoms with E-state index in [1.165, 1.54) is 17.1 Å². The van der Waals surface area contributed by atoms with E-state index in [0.717, 1.165) is 5.56 Å². The number of nitrogens with zero attached hydrogens (tertiary/aromatic N) is 6. The first-order chi connectivity index (χ1) is 21.8. The third-order valence-corrected chi connectivity index (χ3v) is 7.49. The Labute approximate surface area is 264 Å². The molecule has 0 spiro atoms. The zero-order chi connectivity index (χ0) is 31.5. The molecule has 0 aliphatic heterocycles. The molecule has 3 heterocycles. The van der Waals surface area contributed by atoms with Crippen molar-refractivity contribution in [2.24, 2.45) is 0 Å². The van der Waals surface area contributed by atoms with Gasteiger partial charge in [-0.25, -0.2) is 4.98 Å². The predicted octanol–water partition coefficient (Wildman–Crippen LogP) is 4.89. The Hall–Kier alpha value is -5.77. The van der Waals surface area contributed by atoms with Crippen molar-refractivity contribution in [1.29, 1.82) is 5.26 Å². The average molecular weight is 638 g/mol. The first kappa shape index (κ1) is 29.3. The van der Waals surface area contributed by atoms with E-state index >= 15 is 0 Å². The zero-order valence-electron chi connectivity index (χ0n) is 23.1. The fourth-order valence-electron chi connectivity index (χ4n) is 4.84. The minimum absolute atomic E-state index is 0.196. The summed E-state index contributed by atoms with van der Waals surface area (Å²) in [5, 5.41) is 35.0. The summed E-state index contributed by atoms with van der Waals surface area (Å²) in [6, 6.07) is 20.6. The molecule has 0 fully saturated rings. The van der Waals surface area contributed by atoms with E-state index < -0.39 is 28.8 Å². The van der Waals surface area contributed by atoms with Crippen LogP contribution in [0, 0.1) is 11.3 Å². The Morgan fingerprint density at radius 1 is 1.11 bits per heavy atom. The van der Waals surface area contributed by atoms with E-state index in [-0.39, 0.29) is 10.5 Å². The number of carbonyl (C=O) groups is 1. The molecule has 3 aromatic heterocycles. The number of aromatic amines is 2. The molecule has 1 atom stereocenters. The van der Waals surface area contributed by atoms with Crippen molar-refractivity contribution in [3.05, 3.63) is 122 Å². The summed E-state index contributed by atoms with van der Waals surface area (Å²) in [5.74, 6) is -0.452. The number of nitriles is 1. The molecule has 0 saturated carbocycles. The maximum absolute atomic E-state index is 13.3. The van der Waals surface area contributed by atoms with Gasteiger partial charge < -0.3 is 20.4 Å². The monoisotopic (exact) mass is 637 g/mol. The lowest BCUT2D eigenvalue weighted by molar-refractivity contribution is -0.117. The highest BCUT2D eigenvalue weighted by atomic mass is 35.5. The SMILES string of the molecule is N#Cc1c(O)c2cc(-c3nc([C@H](Cc4ccccc4)NC(=O)C=Cc4cc(Cl)ccc4-n4cnnn4)[nH]c3Cl)ccc2[nH]c1=O. The minimum Gasteiger partial charge on any atom is -0.506 e. The molecule has 6 aromatic rings. The van der Waals surface area contributed by atoms with Crippen molar-refractivity contribution in [1.82, 2.24) is 40.5 Å². The van der Waals surface area contributed by atoms with Gasteiger partial charge in [-0.15, -0.1) is 5.10 Å². The van der Waals surface area contributed by atoms with Crippen molar-refractivity contribution in [3.63, 3.8) is 0 Å². The number of benzene rings is 3. The second-order valence-corrected chi connectivity index (χ2v) is 10.7. The summed E-state index contributed by atoms with van der Waals surface area (Å²) < 4.78 is 1.46. The number of fused-ring (bicyclic) bond motifs is 1. The number of hydrogen-bond acceptors (Lipinski definition) is 8. The second-order valence-electron chi connectivity index (χ2n) is 9.88. The maximum Gasteiger partial charge on any atom is 0.270 e. The fraction of sp³-hybridized carbons (Fsp3) is 0.0645. The summed E-state index contributed by atoms with van der Waals surface area (Å²) in [7, 11) is 0. The molecule has 0 unspecified atom stereocenters. The molecule has 6 rings (SSSR count). The van der Waals surface area contributed by atoms with Crippen LogP contribution in [0.2, 0.25) is 10.2 Å². The largest absolute Gasteiger partial charge is 0.506 e. The lowest BCUT2D eigenvalue weighted by Crippen LogP contribution is -2.29. The third kappa shape index (κ3) is 6.16. The van der Waals surface area contributed by atoms with Gasteiger partial charge in [-0.2, -0.15) is 9.94 Å². The van der Waals surface area contributed by atoms with E-state index in [9.17, 15) is 20.0 Å². The lowest BCUT2D eigenvalue weighted by atomic mass is 10.0. The predicted molar refractivity (Wildman–Crippen MR) is 168 cm³/mol. The summed E-state index contributed by atoms with van der Waals surface area (Å²) in [4.78, 5) is 35.7. The van der Waals surface area contributed by atoms with Crippen LogP contribution in [0.4, 0.5) is 0 Å². The molecule has 0 aliphatic rings. The van der Waals surface area contributed by atoms with Crippen LogP contribution in [0.25, 0.3) is 33.9 Å². The van der Waals surface area contributed by atoms with Crippen LogP contribution in [-0.2, 0) is 11.2 Å². The van der Waals surface area contributed by atoms with Crippen molar-refractivity contribution in [3.8, 4) is 28.8 Å². The van der Waals surface area contributed by atoms with E-state index in [2.05, 4.69) is 30.8 Å². The summed E-state index contributed by atoms with van der Waals surface area (Å²) in [6.45, 7) is 0. The summed E-state index contributed by atoms with van der Waals surface area (Å²) >= 11 is 12.8. The van der Waals surface area contributed by atoms with Crippen LogP contribution in [0.5, 0.6) is 5.75 Å². The van der Waals surface area contributed by atoms with Crippen LogP contribution >= 0.6 is 23.2 Å².